The lowest BCUT2D eigenvalue weighted by Crippen LogP contribution is -2.10. The molecule has 3 heteroatoms. The van der Waals surface area contributed by atoms with Gasteiger partial charge in [-0.25, -0.2) is 0 Å². The number of rotatable bonds is 4. The summed E-state index contributed by atoms with van der Waals surface area (Å²) in [6, 6.07) is 7.71. The van der Waals surface area contributed by atoms with Crippen LogP contribution in [0.2, 0.25) is 0 Å². The van der Waals surface area contributed by atoms with Crippen LogP contribution in [0.25, 0.3) is 0 Å². The molecule has 0 aromatic heterocycles. The van der Waals surface area contributed by atoms with Gasteiger partial charge in [-0.1, -0.05) is 44.9 Å². The van der Waals surface area contributed by atoms with E-state index in [0.717, 1.165) is 11.3 Å². The summed E-state index contributed by atoms with van der Waals surface area (Å²) < 4.78 is 2.00. The predicted molar refractivity (Wildman–Crippen MR) is 74.3 cm³/mol. The molecule has 0 aliphatic carbocycles. The molecule has 1 aromatic carbocycles. The molecule has 0 aliphatic heterocycles. The maximum Gasteiger partial charge on any atom is 0.164 e. The first-order valence-corrected chi connectivity index (χ1v) is 6.79. The van der Waals surface area contributed by atoms with Gasteiger partial charge >= 0.3 is 0 Å². The highest BCUT2D eigenvalue weighted by molar-refractivity contribution is 7.99. The first-order chi connectivity index (χ1) is 7.70. The number of para-hydroxylation sites is 1. The van der Waals surface area contributed by atoms with Crippen molar-refractivity contribution in [3.63, 3.8) is 0 Å². The third-order valence-corrected chi connectivity index (χ3v) is 2.88. The first kappa shape index (κ1) is 15.0. The molecule has 90 valence electrons. The van der Waals surface area contributed by atoms with Gasteiger partial charge in [0.15, 0.2) is 5.78 Å². The second-order valence-corrected chi connectivity index (χ2v) is 3.89. The molecule has 0 fully saturated rings. The molecule has 16 heavy (non-hydrogen) atoms. The number of nitrogens with zero attached hydrogens (tertiary/aromatic N) is 1. The summed E-state index contributed by atoms with van der Waals surface area (Å²) in [5, 5.41) is 0. The molecular formula is C13H21NOS. The minimum atomic E-state index is 0.196. The van der Waals surface area contributed by atoms with Crippen LogP contribution in [0.15, 0.2) is 24.3 Å². The van der Waals surface area contributed by atoms with Gasteiger partial charge in [-0.15, -0.1) is 0 Å². The number of anilines is 1. The standard InChI is InChI=1S/C11H15NOS.C2H6/c1-4-11(13)9-7-5-6-8-10(9)12(2)14-3;1-2/h5-8H,4H2,1-3H3;1-2H3. The van der Waals surface area contributed by atoms with Gasteiger partial charge in [-0.2, -0.15) is 0 Å². The van der Waals surface area contributed by atoms with Crippen LogP contribution >= 0.6 is 11.9 Å². The number of carbonyl (C=O) groups is 1. The molecule has 0 spiro atoms. The molecule has 1 rings (SSSR count). The fraction of sp³-hybridized carbons (Fsp3) is 0.462. The zero-order valence-electron chi connectivity index (χ0n) is 10.8. The van der Waals surface area contributed by atoms with Crippen LogP contribution in [0, 0.1) is 0 Å². The minimum Gasteiger partial charge on any atom is -0.319 e. The van der Waals surface area contributed by atoms with Crippen molar-refractivity contribution in [1.82, 2.24) is 0 Å². The normalized spacial score (nSPS) is 9.06. The summed E-state index contributed by atoms with van der Waals surface area (Å²) in [6.07, 6.45) is 2.55. The summed E-state index contributed by atoms with van der Waals surface area (Å²) in [6.45, 7) is 5.89. The Morgan fingerprint density at radius 1 is 1.31 bits per heavy atom. The third kappa shape index (κ3) is 3.89. The average Bonchev–Trinajstić information content (AvgIpc) is 2.39. The molecular weight excluding hydrogens is 218 g/mol. The molecule has 2 nitrogen and oxygen atoms in total. The van der Waals surface area contributed by atoms with E-state index in [-0.39, 0.29) is 5.78 Å². The minimum absolute atomic E-state index is 0.196. The number of hydrogen-bond donors (Lipinski definition) is 0. The number of ketones is 1. The van der Waals surface area contributed by atoms with Gasteiger partial charge in [0.05, 0.1) is 5.69 Å². The number of Topliss-reactive ketones (excluding diaryl/α,β-unsaturated/α-hetero) is 1. The molecule has 0 unspecified atom stereocenters. The summed E-state index contributed by atoms with van der Waals surface area (Å²) >= 11 is 1.60. The molecule has 0 atom stereocenters. The molecule has 0 N–H and O–H groups in total. The van der Waals surface area contributed by atoms with Gasteiger partial charge in [-0.05, 0) is 12.1 Å². The Bertz CT molecular complexity index is 325. The maximum absolute atomic E-state index is 11.6. The fourth-order valence-electron chi connectivity index (χ4n) is 1.27. The summed E-state index contributed by atoms with van der Waals surface area (Å²) in [7, 11) is 1.96. The largest absolute Gasteiger partial charge is 0.319 e. The van der Waals surface area contributed by atoms with Gasteiger partial charge < -0.3 is 4.31 Å². The van der Waals surface area contributed by atoms with Gasteiger partial charge in [0.25, 0.3) is 0 Å². The summed E-state index contributed by atoms with van der Waals surface area (Å²) in [5.41, 5.74) is 1.80. The van der Waals surface area contributed by atoms with Crippen molar-refractivity contribution in [3.05, 3.63) is 29.8 Å². The van der Waals surface area contributed by atoms with Crippen molar-refractivity contribution in [2.75, 3.05) is 17.6 Å². The van der Waals surface area contributed by atoms with Crippen molar-refractivity contribution >= 4 is 23.4 Å². The Morgan fingerprint density at radius 3 is 2.38 bits per heavy atom. The molecule has 0 amide bonds. The van der Waals surface area contributed by atoms with Crippen LogP contribution in [-0.2, 0) is 0 Å². The van der Waals surface area contributed by atoms with E-state index >= 15 is 0 Å². The molecule has 0 aliphatic rings. The van der Waals surface area contributed by atoms with Gasteiger partial charge in [0.2, 0.25) is 0 Å². The van der Waals surface area contributed by atoms with Crippen molar-refractivity contribution in [2.24, 2.45) is 0 Å². The Morgan fingerprint density at radius 2 is 1.88 bits per heavy atom. The summed E-state index contributed by atoms with van der Waals surface area (Å²) in [4.78, 5) is 11.6. The van der Waals surface area contributed by atoms with Gasteiger partial charge in [0, 0.05) is 25.3 Å². The van der Waals surface area contributed by atoms with Crippen LogP contribution in [0.5, 0.6) is 0 Å². The van der Waals surface area contributed by atoms with Crippen molar-refractivity contribution in [3.8, 4) is 0 Å². The van der Waals surface area contributed by atoms with Gasteiger partial charge in [0.1, 0.15) is 0 Å². The highest BCUT2D eigenvalue weighted by atomic mass is 32.2. The second kappa shape index (κ2) is 8.22. The average molecular weight is 239 g/mol. The van der Waals surface area contributed by atoms with E-state index in [9.17, 15) is 4.79 Å². The summed E-state index contributed by atoms with van der Waals surface area (Å²) in [5.74, 6) is 0.196. The number of benzene rings is 1. The lowest BCUT2D eigenvalue weighted by atomic mass is 10.1. The highest BCUT2D eigenvalue weighted by Crippen LogP contribution is 2.24. The molecule has 0 saturated carbocycles. The number of hydrogen-bond acceptors (Lipinski definition) is 3. The van der Waals surface area contributed by atoms with Crippen LogP contribution < -0.4 is 4.31 Å². The van der Waals surface area contributed by atoms with E-state index in [4.69, 9.17) is 0 Å². The zero-order valence-corrected chi connectivity index (χ0v) is 11.6. The second-order valence-electron chi connectivity index (χ2n) is 2.97. The quantitative estimate of drug-likeness (QED) is 0.584. The zero-order chi connectivity index (χ0) is 12.6. The Kier molecular flexibility index (Phi) is 7.73. The Hall–Kier alpha value is -0.960. The highest BCUT2D eigenvalue weighted by Gasteiger charge is 2.11. The fourth-order valence-corrected chi connectivity index (χ4v) is 1.63. The predicted octanol–water partition coefficient (Wildman–Crippen LogP) is 4.02. The maximum atomic E-state index is 11.6. The van der Waals surface area contributed by atoms with Crippen LogP contribution in [-0.4, -0.2) is 19.1 Å². The monoisotopic (exact) mass is 239 g/mol. The van der Waals surface area contributed by atoms with E-state index < -0.39 is 0 Å². The molecule has 0 bridgehead atoms. The molecule has 1 aromatic rings. The smallest absolute Gasteiger partial charge is 0.164 e. The lowest BCUT2D eigenvalue weighted by Gasteiger charge is -2.18. The lowest BCUT2D eigenvalue weighted by molar-refractivity contribution is 0.0989. The SMILES string of the molecule is CC.CCC(=O)c1ccccc1N(C)SC. The van der Waals surface area contributed by atoms with E-state index in [1.165, 1.54) is 0 Å². The Labute approximate surface area is 103 Å². The molecule has 0 heterocycles. The molecule has 0 radical (unpaired) electrons. The van der Waals surface area contributed by atoms with Crippen LogP contribution in [0.3, 0.4) is 0 Å². The van der Waals surface area contributed by atoms with E-state index in [1.54, 1.807) is 11.9 Å². The van der Waals surface area contributed by atoms with Crippen LogP contribution in [0.1, 0.15) is 37.6 Å². The van der Waals surface area contributed by atoms with Crippen molar-refractivity contribution < 1.29 is 4.79 Å². The first-order valence-electron chi connectivity index (χ1n) is 5.60. The van der Waals surface area contributed by atoms with E-state index in [0.29, 0.717) is 6.42 Å². The van der Waals surface area contributed by atoms with E-state index in [1.807, 2.05) is 62.6 Å². The third-order valence-electron chi connectivity index (χ3n) is 2.14. The topological polar surface area (TPSA) is 20.3 Å². The Balaban J connectivity index is 0.00000106. The van der Waals surface area contributed by atoms with Gasteiger partial charge in [-0.3, -0.25) is 4.79 Å². The van der Waals surface area contributed by atoms with E-state index in [2.05, 4.69) is 0 Å². The number of carbonyl (C=O) groups excluding carboxylic acids is 1. The van der Waals surface area contributed by atoms with Crippen molar-refractivity contribution in [2.45, 2.75) is 27.2 Å². The van der Waals surface area contributed by atoms with Crippen molar-refractivity contribution in [1.29, 1.82) is 0 Å². The van der Waals surface area contributed by atoms with Crippen LogP contribution in [0.4, 0.5) is 5.69 Å². The molecule has 0 saturated heterocycles.